The topological polar surface area (TPSA) is 35.5 Å². The van der Waals surface area contributed by atoms with Gasteiger partial charge in [0.15, 0.2) is 4.88 Å². The SMILES string of the molecule is COC(=O)c1sccc1O[C@H](C)c1ccccc1C(F)(F)F. The number of carbonyl (C=O) groups is 1. The summed E-state index contributed by atoms with van der Waals surface area (Å²) in [5.74, 6) is -0.373. The molecule has 0 amide bonds. The van der Waals surface area contributed by atoms with Gasteiger partial charge in [0.25, 0.3) is 0 Å². The average molecular weight is 330 g/mol. The zero-order valence-corrected chi connectivity index (χ0v) is 12.6. The highest BCUT2D eigenvalue weighted by Gasteiger charge is 2.34. The Kier molecular flexibility index (Phi) is 4.75. The van der Waals surface area contributed by atoms with Crippen molar-refractivity contribution < 1.29 is 27.4 Å². The van der Waals surface area contributed by atoms with Crippen LogP contribution in [0.2, 0.25) is 0 Å². The minimum Gasteiger partial charge on any atom is -0.484 e. The van der Waals surface area contributed by atoms with Crippen molar-refractivity contribution in [2.45, 2.75) is 19.2 Å². The normalized spacial score (nSPS) is 12.8. The molecule has 0 fully saturated rings. The van der Waals surface area contributed by atoms with Gasteiger partial charge in [0.2, 0.25) is 0 Å². The van der Waals surface area contributed by atoms with Crippen LogP contribution in [0.15, 0.2) is 35.7 Å². The molecule has 1 atom stereocenters. The van der Waals surface area contributed by atoms with Gasteiger partial charge in [-0.05, 0) is 24.4 Å². The predicted octanol–water partition coefficient (Wildman–Crippen LogP) is 4.69. The molecule has 1 aromatic heterocycles. The van der Waals surface area contributed by atoms with Gasteiger partial charge in [-0.15, -0.1) is 11.3 Å². The van der Waals surface area contributed by atoms with Crippen LogP contribution in [0.1, 0.15) is 33.8 Å². The van der Waals surface area contributed by atoms with Crippen molar-refractivity contribution in [2.75, 3.05) is 7.11 Å². The smallest absolute Gasteiger partial charge is 0.416 e. The Balaban J connectivity index is 2.29. The molecule has 7 heteroatoms. The highest BCUT2D eigenvalue weighted by atomic mass is 32.1. The average Bonchev–Trinajstić information content (AvgIpc) is 2.93. The molecule has 0 bridgehead atoms. The molecule has 2 aromatic rings. The molecule has 1 heterocycles. The molecule has 3 nitrogen and oxygen atoms in total. The Bertz CT molecular complexity index is 664. The van der Waals surface area contributed by atoms with E-state index in [1.165, 1.54) is 38.3 Å². The van der Waals surface area contributed by atoms with E-state index < -0.39 is 23.8 Å². The second kappa shape index (κ2) is 6.39. The third-order valence-electron chi connectivity index (χ3n) is 3.01. The first kappa shape index (κ1) is 16.4. The van der Waals surface area contributed by atoms with Gasteiger partial charge in [-0.1, -0.05) is 18.2 Å². The van der Waals surface area contributed by atoms with Gasteiger partial charge in [0, 0.05) is 5.56 Å². The minimum absolute atomic E-state index is 0.0111. The Morgan fingerprint density at radius 3 is 2.55 bits per heavy atom. The van der Waals surface area contributed by atoms with Gasteiger partial charge in [-0.2, -0.15) is 13.2 Å². The van der Waals surface area contributed by atoms with Crippen LogP contribution in [0.5, 0.6) is 5.75 Å². The largest absolute Gasteiger partial charge is 0.484 e. The molecular weight excluding hydrogens is 317 g/mol. The molecule has 0 saturated carbocycles. The van der Waals surface area contributed by atoms with Crippen molar-refractivity contribution in [1.82, 2.24) is 0 Å². The number of rotatable bonds is 4. The van der Waals surface area contributed by atoms with E-state index in [9.17, 15) is 18.0 Å². The summed E-state index contributed by atoms with van der Waals surface area (Å²) in [6, 6.07) is 6.73. The maximum atomic E-state index is 13.0. The van der Waals surface area contributed by atoms with E-state index >= 15 is 0 Å². The van der Waals surface area contributed by atoms with Crippen molar-refractivity contribution in [1.29, 1.82) is 0 Å². The number of halogens is 3. The molecule has 0 unspecified atom stereocenters. The molecule has 2 rings (SSSR count). The number of esters is 1. The number of carbonyl (C=O) groups excluding carboxylic acids is 1. The lowest BCUT2D eigenvalue weighted by Crippen LogP contribution is -2.14. The van der Waals surface area contributed by atoms with E-state index in [4.69, 9.17) is 4.74 Å². The fourth-order valence-electron chi connectivity index (χ4n) is 2.00. The fourth-order valence-corrected chi connectivity index (χ4v) is 2.74. The lowest BCUT2D eigenvalue weighted by molar-refractivity contribution is -0.138. The number of hydrogen-bond donors (Lipinski definition) is 0. The second-order valence-corrected chi connectivity index (χ2v) is 5.37. The summed E-state index contributed by atoms with van der Waals surface area (Å²) in [7, 11) is 1.23. The van der Waals surface area contributed by atoms with E-state index in [1.807, 2.05) is 0 Å². The molecule has 1 aromatic carbocycles. The quantitative estimate of drug-likeness (QED) is 0.763. The molecule has 0 spiro atoms. The van der Waals surface area contributed by atoms with Gasteiger partial charge < -0.3 is 9.47 Å². The van der Waals surface area contributed by atoms with Crippen LogP contribution in [0.3, 0.4) is 0 Å². The number of hydrogen-bond acceptors (Lipinski definition) is 4. The summed E-state index contributed by atoms with van der Waals surface area (Å²) in [4.78, 5) is 11.8. The Hall–Kier alpha value is -2.02. The molecule has 0 N–H and O–H groups in total. The Morgan fingerprint density at radius 1 is 1.23 bits per heavy atom. The third kappa shape index (κ3) is 3.41. The molecule has 118 valence electrons. The van der Waals surface area contributed by atoms with E-state index in [1.54, 1.807) is 5.38 Å². The Labute approximate surface area is 129 Å². The summed E-state index contributed by atoms with van der Waals surface area (Å²) >= 11 is 1.11. The lowest BCUT2D eigenvalue weighted by Gasteiger charge is -2.19. The van der Waals surface area contributed by atoms with Crippen LogP contribution < -0.4 is 4.74 Å². The van der Waals surface area contributed by atoms with E-state index in [-0.39, 0.29) is 16.2 Å². The van der Waals surface area contributed by atoms with Crippen LogP contribution in [0.4, 0.5) is 13.2 Å². The molecule has 0 aliphatic heterocycles. The number of ether oxygens (including phenoxy) is 2. The number of thiophene rings is 1. The monoisotopic (exact) mass is 330 g/mol. The molecular formula is C15H13F3O3S. The van der Waals surface area contributed by atoms with Crippen molar-refractivity contribution in [3.8, 4) is 5.75 Å². The summed E-state index contributed by atoms with van der Waals surface area (Å²) in [5.41, 5.74) is -0.741. The highest BCUT2D eigenvalue weighted by molar-refractivity contribution is 7.12. The molecule has 0 radical (unpaired) electrons. The summed E-state index contributed by atoms with van der Waals surface area (Å²) in [6.07, 6.45) is -5.33. The Morgan fingerprint density at radius 2 is 1.91 bits per heavy atom. The number of methoxy groups -OCH3 is 1. The van der Waals surface area contributed by atoms with Crippen LogP contribution in [-0.4, -0.2) is 13.1 Å². The molecule has 0 aliphatic carbocycles. The maximum Gasteiger partial charge on any atom is 0.416 e. The second-order valence-electron chi connectivity index (χ2n) is 4.45. The van der Waals surface area contributed by atoms with Crippen molar-refractivity contribution >= 4 is 17.3 Å². The fraction of sp³-hybridized carbons (Fsp3) is 0.267. The van der Waals surface area contributed by atoms with E-state index in [0.29, 0.717) is 0 Å². The first-order valence-corrected chi connectivity index (χ1v) is 7.21. The van der Waals surface area contributed by atoms with Crippen LogP contribution in [0.25, 0.3) is 0 Å². The molecule has 22 heavy (non-hydrogen) atoms. The summed E-state index contributed by atoms with van der Waals surface area (Å²) in [6.45, 7) is 1.50. The lowest BCUT2D eigenvalue weighted by atomic mass is 10.0. The number of alkyl halides is 3. The van der Waals surface area contributed by atoms with Crippen molar-refractivity contribution in [3.05, 3.63) is 51.7 Å². The third-order valence-corrected chi connectivity index (χ3v) is 3.88. The zero-order valence-electron chi connectivity index (χ0n) is 11.8. The molecule has 0 aliphatic rings. The maximum absolute atomic E-state index is 13.0. The first-order chi connectivity index (χ1) is 10.3. The van der Waals surface area contributed by atoms with Crippen LogP contribution in [-0.2, 0) is 10.9 Å². The first-order valence-electron chi connectivity index (χ1n) is 6.33. The van der Waals surface area contributed by atoms with Crippen LogP contribution >= 0.6 is 11.3 Å². The number of benzene rings is 1. The van der Waals surface area contributed by atoms with Gasteiger partial charge in [0.05, 0.1) is 12.7 Å². The van der Waals surface area contributed by atoms with Gasteiger partial charge >= 0.3 is 12.1 Å². The van der Waals surface area contributed by atoms with Crippen LogP contribution in [0, 0.1) is 0 Å². The van der Waals surface area contributed by atoms with Gasteiger partial charge in [-0.3, -0.25) is 0 Å². The predicted molar refractivity (Wildman–Crippen MR) is 76.1 cm³/mol. The van der Waals surface area contributed by atoms with Crippen molar-refractivity contribution in [2.24, 2.45) is 0 Å². The van der Waals surface area contributed by atoms with E-state index in [2.05, 4.69) is 4.74 Å². The van der Waals surface area contributed by atoms with Gasteiger partial charge in [-0.25, -0.2) is 4.79 Å². The standard InChI is InChI=1S/C15H13F3O3S/c1-9(10-5-3-4-6-11(10)15(16,17)18)21-12-7-8-22-13(12)14(19)20-2/h3-9H,1-2H3/t9-/m1/s1. The summed E-state index contributed by atoms with van der Waals surface area (Å²) < 4.78 is 49.2. The van der Waals surface area contributed by atoms with E-state index in [0.717, 1.165) is 17.4 Å². The zero-order chi connectivity index (χ0) is 16.3. The van der Waals surface area contributed by atoms with Gasteiger partial charge in [0.1, 0.15) is 11.9 Å². The molecule has 0 saturated heterocycles. The minimum atomic E-state index is -4.46. The highest BCUT2D eigenvalue weighted by Crippen LogP contribution is 2.37. The summed E-state index contributed by atoms with van der Waals surface area (Å²) in [5, 5.41) is 1.62. The van der Waals surface area contributed by atoms with Crippen molar-refractivity contribution in [3.63, 3.8) is 0 Å².